The van der Waals surface area contributed by atoms with Gasteiger partial charge in [0, 0.05) is 0 Å². The molecule has 0 N–H and O–H groups in total. The van der Waals surface area contributed by atoms with E-state index in [1.807, 2.05) is 102 Å². The van der Waals surface area contributed by atoms with Crippen LogP contribution in [-0.2, 0) is 6.61 Å². The molecule has 0 unspecified atom stereocenters. The van der Waals surface area contributed by atoms with E-state index in [9.17, 15) is 4.79 Å². The van der Waals surface area contributed by atoms with Crippen molar-refractivity contribution < 1.29 is 4.74 Å². The molecule has 0 aliphatic heterocycles. The maximum absolute atomic E-state index is 13.3. The highest BCUT2D eigenvalue weighted by Gasteiger charge is 2.16. The second kappa shape index (κ2) is 8.03. The molecule has 4 aromatic carbocycles. The van der Waals surface area contributed by atoms with Crippen molar-refractivity contribution in [1.82, 2.24) is 9.36 Å². The van der Waals surface area contributed by atoms with Gasteiger partial charge in [-0.05, 0) is 48.0 Å². The van der Waals surface area contributed by atoms with Crippen LogP contribution in [0.4, 0.5) is 0 Å². The molecule has 5 rings (SSSR count). The molecule has 1 aromatic heterocycles. The Balaban J connectivity index is 1.57. The van der Waals surface area contributed by atoms with E-state index in [0.29, 0.717) is 17.5 Å². The summed E-state index contributed by atoms with van der Waals surface area (Å²) in [5.74, 6) is 0.743. The molecule has 0 spiro atoms. The molecule has 2 radical (unpaired) electrons. The molecule has 0 aliphatic carbocycles. The zero-order chi connectivity index (χ0) is 21.2. The van der Waals surface area contributed by atoms with Crippen LogP contribution < -0.4 is 15.8 Å². The van der Waals surface area contributed by atoms with Crippen molar-refractivity contribution in [1.29, 1.82) is 0 Å². The van der Waals surface area contributed by atoms with Crippen LogP contribution in [0.2, 0.25) is 0 Å². The van der Waals surface area contributed by atoms with E-state index in [-0.39, 0.29) is 5.56 Å². The zero-order valence-electron chi connectivity index (χ0n) is 16.8. The van der Waals surface area contributed by atoms with Gasteiger partial charge in [0.2, 0.25) is 0 Å². The monoisotopic (exact) mass is 402 g/mol. The molecule has 0 fully saturated rings. The average molecular weight is 402 g/mol. The van der Waals surface area contributed by atoms with E-state index in [1.54, 1.807) is 10.7 Å². The van der Waals surface area contributed by atoms with Crippen molar-refractivity contribution in [3.8, 4) is 17.1 Å². The number of ether oxygens (including phenoxy) is 1. The quantitative estimate of drug-likeness (QED) is 0.414. The first-order chi connectivity index (χ1) is 15.2. The van der Waals surface area contributed by atoms with E-state index < -0.39 is 0 Å². The fraction of sp³-hybridized carbons (Fsp3) is 0.0385. The summed E-state index contributed by atoms with van der Waals surface area (Å²) in [6.45, 7) is 0.490. The molecule has 4 nitrogen and oxygen atoms in total. The Morgan fingerprint density at radius 1 is 0.710 bits per heavy atom. The normalized spacial score (nSPS) is 11.0. The SMILES string of the molecule is [B]c1ccc2c(c1)c(=O)n(-c1ccc(OCc3ccccc3)cc1)n2-c1ccccc1. The number of hydrogen-bond acceptors (Lipinski definition) is 2. The van der Waals surface area contributed by atoms with Crippen LogP contribution in [0.3, 0.4) is 0 Å². The van der Waals surface area contributed by atoms with Crippen molar-refractivity contribution in [3.05, 3.63) is 119 Å². The second-order valence-corrected chi connectivity index (χ2v) is 7.31. The van der Waals surface area contributed by atoms with Gasteiger partial charge in [0.1, 0.15) is 20.2 Å². The summed E-state index contributed by atoms with van der Waals surface area (Å²) in [6, 6.07) is 32.8. The molecule has 5 aromatic rings. The van der Waals surface area contributed by atoms with E-state index in [0.717, 1.165) is 28.2 Å². The topological polar surface area (TPSA) is 36.2 Å². The van der Waals surface area contributed by atoms with Crippen molar-refractivity contribution in [2.24, 2.45) is 0 Å². The number of aromatic nitrogens is 2. The van der Waals surface area contributed by atoms with Gasteiger partial charge in [0.05, 0.1) is 22.3 Å². The summed E-state index contributed by atoms with van der Waals surface area (Å²) in [5, 5.41) is 0.577. The van der Waals surface area contributed by atoms with E-state index in [2.05, 4.69) is 0 Å². The fourth-order valence-corrected chi connectivity index (χ4v) is 3.70. The summed E-state index contributed by atoms with van der Waals surface area (Å²) in [7, 11) is 5.96. The lowest BCUT2D eigenvalue weighted by molar-refractivity contribution is 0.306. The summed E-state index contributed by atoms with van der Waals surface area (Å²) < 4.78 is 9.47. The van der Waals surface area contributed by atoms with Gasteiger partial charge in [-0.1, -0.05) is 66.1 Å². The number of benzene rings is 4. The first-order valence-electron chi connectivity index (χ1n) is 10.1. The molecule has 31 heavy (non-hydrogen) atoms. The molecule has 0 atom stereocenters. The summed E-state index contributed by atoms with van der Waals surface area (Å²) in [6.07, 6.45) is 0. The van der Waals surface area contributed by atoms with Crippen LogP contribution in [0.25, 0.3) is 22.3 Å². The Bertz CT molecular complexity index is 1390. The van der Waals surface area contributed by atoms with Gasteiger partial charge in [-0.15, -0.1) is 0 Å². The van der Waals surface area contributed by atoms with Crippen LogP contribution in [0.1, 0.15) is 5.56 Å². The highest BCUT2D eigenvalue weighted by atomic mass is 16.5. The van der Waals surface area contributed by atoms with Gasteiger partial charge in [-0.3, -0.25) is 4.79 Å². The lowest BCUT2D eigenvalue weighted by atomic mass is 9.95. The van der Waals surface area contributed by atoms with Crippen molar-refractivity contribution in [3.63, 3.8) is 0 Å². The number of para-hydroxylation sites is 1. The lowest BCUT2D eigenvalue weighted by Crippen LogP contribution is -2.20. The number of rotatable bonds is 5. The summed E-state index contributed by atoms with van der Waals surface area (Å²) >= 11 is 0. The maximum atomic E-state index is 13.3. The minimum absolute atomic E-state index is 0.121. The Kier molecular flexibility index (Phi) is 4.93. The molecule has 0 saturated heterocycles. The molecule has 0 bridgehead atoms. The minimum Gasteiger partial charge on any atom is -0.489 e. The van der Waals surface area contributed by atoms with Gasteiger partial charge in [0.25, 0.3) is 5.56 Å². The van der Waals surface area contributed by atoms with Crippen LogP contribution in [0, 0.1) is 0 Å². The Morgan fingerprint density at radius 2 is 1.35 bits per heavy atom. The van der Waals surface area contributed by atoms with Gasteiger partial charge < -0.3 is 4.74 Å². The van der Waals surface area contributed by atoms with E-state index in [4.69, 9.17) is 12.6 Å². The lowest BCUT2D eigenvalue weighted by Gasteiger charge is -2.14. The van der Waals surface area contributed by atoms with Gasteiger partial charge in [0.15, 0.2) is 0 Å². The molecular weight excluding hydrogens is 383 g/mol. The summed E-state index contributed by atoms with van der Waals surface area (Å²) in [5.41, 5.74) is 3.98. The van der Waals surface area contributed by atoms with E-state index >= 15 is 0 Å². The Labute approximate surface area is 181 Å². The van der Waals surface area contributed by atoms with E-state index in [1.165, 1.54) is 0 Å². The fourth-order valence-electron chi connectivity index (χ4n) is 3.70. The first kappa shape index (κ1) is 19.0. The highest BCUT2D eigenvalue weighted by molar-refractivity contribution is 6.33. The predicted molar refractivity (Wildman–Crippen MR) is 125 cm³/mol. The number of hydrogen-bond donors (Lipinski definition) is 0. The highest BCUT2D eigenvalue weighted by Crippen LogP contribution is 2.22. The summed E-state index contributed by atoms with van der Waals surface area (Å²) in [4.78, 5) is 13.3. The van der Waals surface area contributed by atoms with Crippen LogP contribution in [-0.4, -0.2) is 17.2 Å². The third kappa shape index (κ3) is 3.66. The number of fused-ring (bicyclic) bond motifs is 1. The van der Waals surface area contributed by atoms with Gasteiger partial charge >= 0.3 is 0 Å². The first-order valence-corrected chi connectivity index (χ1v) is 10.1. The van der Waals surface area contributed by atoms with Crippen LogP contribution in [0.15, 0.2) is 108 Å². The largest absolute Gasteiger partial charge is 0.489 e. The molecule has 0 aliphatic rings. The van der Waals surface area contributed by atoms with Gasteiger partial charge in [-0.25, -0.2) is 9.36 Å². The third-order valence-corrected chi connectivity index (χ3v) is 5.20. The molecule has 0 amide bonds. The molecule has 5 heteroatoms. The molecule has 0 saturated carbocycles. The molecular formula is C26H19BN2O2. The second-order valence-electron chi connectivity index (χ2n) is 7.31. The zero-order valence-corrected chi connectivity index (χ0v) is 16.8. The molecule has 1 heterocycles. The Hall–Kier alpha value is -3.99. The van der Waals surface area contributed by atoms with Crippen LogP contribution >= 0.6 is 0 Å². The van der Waals surface area contributed by atoms with Crippen LogP contribution in [0.5, 0.6) is 5.75 Å². The average Bonchev–Trinajstić information content (AvgIpc) is 3.11. The van der Waals surface area contributed by atoms with Crippen molar-refractivity contribution in [2.75, 3.05) is 0 Å². The maximum Gasteiger partial charge on any atom is 0.279 e. The molecule has 148 valence electrons. The third-order valence-electron chi connectivity index (χ3n) is 5.20. The minimum atomic E-state index is -0.121. The Morgan fingerprint density at radius 3 is 2.06 bits per heavy atom. The predicted octanol–water partition coefficient (Wildman–Crippen LogP) is 4.15. The smallest absolute Gasteiger partial charge is 0.279 e. The number of nitrogens with zero attached hydrogens (tertiary/aromatic N) is 2. The standard InChI is InChI=1S/C26H19BN2O2/c27-20-11-16-25-24(17-20)26(30)29(28(25)21-9-5-2-6-10-21)22-12-14-23(15-13-22)31-18-19-7-3-1-4-8-19/h1-17H,18H2. The van der Waals surface area contributed by atoms with Gasteiger partial charge in [-0.2, -0.15) is 0 Å². The van der Waals surface area contributed by atoms with Crippen molar-refractivity contribution in [2.45, 2.75) is 6.61 Å². The van der Waals surface area contributed by atoms with Crippen molar-refractivity contribution >= 4 is 24.2 Å².